The summed E-state index contributed by atoms with van der Waals surface area (Å²) in [4.78, 5) is 25.0. The van der Waals surface area contributed by atoms with E-state index in [1.165, 1.54) is 21.3 Å². The van der Waals surface area contributed by atoms with E-state index in [9.17, 15) is 18.0 Å². The minimum Gasteiger partial charge on any atom is -0.497 e. The van der Waals surface area contributed by atoms with Crippen LogP contribution in [0.25, 0.3) is 11.0 Å². The van der Waals surface area contributed by atoms with Gasteiger partial charge < -0.3 is 43.0 Å². The molecule has 52 heavy (non-hydrogen) atoms. The highest BCUT2D eigenvalue weighted by Crippen LogP contribution is 2.38. The van der Waals surface area contributed by atoms with Crippen molar-refractivity contribution in [3.63, 3.8) is 0 Å². The average Bonchev–Trinajstić information content (AvgIpc) is 3.35. The monoisotopic (exact) mass is 727 g/mol. The van der Waals surface area contributed by atoms with Crippen LogP contribution in [0.2, 0.25) is 0 Å². The number of fused-ring (bicyclic) bond motifs is 1. The Bertz CT molecular complexity index is 1760. The van der Waals surface area contributed by atoms with Crippen LogP contribution in [-0.4, -0.2) is 119 Å². The number of aromatic nitrogens is 2. The molecule has 0 N–H and O–H groups in total. The van der Waals surface area contributed by atoms with Crippen LogP contribution in [0.3, 0.4) is 0 Å². The van der Waals surface area contributed by atoms with Gasteiger partial charge in [-0.05, 0) is 67.9 Å². The fraction of sp³-hybridized carbons (Fsp3) is 0.474. The third kappa shape index (κ3) is 9.59. The number of benzene rings is 3. The predicted molar refractivity (Wildman–Crippen MR) is 193 cm³/mol. The van der Waals surface area contributed by atoms with Crippen LogP contribution in [0.1, 0.15) is 34.7 Å². The number of alkyl halides is 3. The molecule has 0 aliphatic carbocycles. The van der Waals surface area contributed by atoms with E-state index < -0.39 is 12.8 Å². The Morgan fingerprint density at radius 2 is 1.63 bits per heavy atom. The van der Waals surface area contributed by atoms with Crippen LogP contribution in [-0.2, 0) is 11.3 Å². The number of imidazole rings is 1. The number of methoxy groups -OCH3 is 4. The number of anilines is 1. The second-order valence-corrected chi connectivity index (χ2v) is 12.8. The first-order valence-corrected chi connectivity index (χ1v) is 17.3. The number of carbonyl (C=O) groups excluding carboxylic acids is 1. The number of rotatable bonds is 16. The van der Waals surface area contributed by atoms with E-state index in [4.69, 9.17) is 28.7 Å². The van der Waals surface area contributed by atoms with Crippen LogP contribution in [0.4, 0.5) is 19.1 Å². The number of para-hydroxylation sites is 2. The summed E-state index contributed by atoms with van der Waals surface area (Å²) in [5.74, 6) is 2.54. The van der Waals surface area contributed by atoms with Gasteiger partial charge >= 0.3 is 6.18 Å². The lowest BCUT2D eigenvalue weighted by Gasteiger charge is -2.28. The van der Waals surface area contributed by atoms with Crippen LogP contribution < -0.4 is 23.8 Å². The molecule has 0 bridgehead atoms. The summed E-state index contributed by atoms with van der Waals surface area (Å²) in [6.45, 7) is 3.28. The van der Waals surface area contributed by atoms with E-state index in [0.717, 1.165) is 67.3 Å². The van der Waals surface area contributed by atoms with Gasteiger partial charge in [-0.25, -0.2) is 4.98 Å². The van der Waals surface area contributed by atoms with E-state index in [1.54, 1.807) is 31.2 Å². The number of halogens is 3. The Kier molecular flexibility index (Phi) is 13.1. The second kappa shape index (κ2) is 17.7. The smallest absolute Gasteiger partial charge is 0.411 e. The first kappa shape index (κ1) is 38.5. The molecule has 4 aromatic rings. The molecule has 1 aromatic heterocycles. The first-order chi connectivity index (χ1) is 25.0. The number of hydrogen-bond donors (Lipinski definition) is 0. The summed E-state index contributed by atoms with van der Waals surface area (Å²) < 4.78 is 67.0. The number of hydrogen-bond acceptors (Lipinski definition) is 9. The maximum atomic E-state index is 13.8. The zero-order valence-corrected chi connectivity index (χ0v) is 30.4. The summed E-state index contributed by atoms with van der Waals surface area (Å²) in [7, 11) is 7.99. The van der Waals surface area contributed by atoms with Gasteiger partial charge in [-0.1, -0.05) is 24.3 Å². The van der Waals surface area contributed by atoms with Crippen molar-refractivity contribution in [2.45, 2.75) is 31.5 Å². The lowest BCUT2D eigenvalue weighted by atomic mass is 9.94. The van der Waals surface area contributed by atoms with Gasteiger partial charge in [0.25, 0.3) is 5.91 Å². The highest BCUT2D eigenvalue weighted by molar-refractivity contribution is 5.95. The first-order valence-electron chi connectivity index (χ1n) is 17.3. The molecule has 3 aromatic carbocycles. The van der Waals surface area contributed by atoms with Crippen molar-refractivity contribution >= 4 is 22.9 Å². The Balaban J connectivity index is 1.28. The highest BCUT2D eigenvalue weighted by atomic mass is 19.4. The van der Waals surface area contributed by atoms with Crippen LogP contribution in [0, 0.1) is 0 Å². The molecule has 1 unspecified atom stereocenters. The molecule has 5 rings (SSSR count). The molecule has 1 aliphatic rings. The summed E-state index contributed by atoms with van der Waals surface area (Å²) in [6.07, 6.45) is -2.70. The largest absolute Gasteiger partial charge is 0.497 e. The third-order valence-electron chi connectivity index (χ3n) is 9.34. The third-order valence-corrected chi connectivity index (χ3v) is 9.34. The van der Waals surface area contributed by atoms with Gasteiger partial charge in [0, 0.05) is 51.3 Å². The molecule has 1 saturated heterocycles. The normalized spacial score (nSPS) is 14.6. The summed E-state index contributed by atoms with van der Waals surface area (Å²) in [5.41, 5.74) is 3.15. The fourth-order valence-electron chi connectivity index (χ4n) is 6.70. The molecule has 0 saturated carbocycles. The number of likely N-dealkylation sites (N-methyl/N-ethyl adjacent to an activating group) is 1. The van der Waals surface area contributed by atoms with Crippen molar-refractivity contribution in [1.29, 1.82) is 0 Å². The minimum atomic E-state index is -4.37. The molecule has 1 atom stereocenters. The Morgan fingerprint density at radius 3 is 2.33 bits per heavy atom. The van der Waals surface area contributed by atoms with Gasteiger partial charge in [0.2, 0.25) is 11.7 Å². The van der Waals surface area contributed by atoms with Crippen molar-refractivity contribution in [3.8, 4) is 23.0 Å². The molecule has 11 nitrogen and oxygen atoms in total. The Morgan fingerprint density at radius 1 is 0.885 bits per heavy atom. The van der Waals surface area contributed by atoms with Crippen molar-refractivity contribution in [2.75, 3.05) is 92.9 Å². The van der Waals surface area contributed by atoms with Crippen molar-refractivity contribution in [2.24, 2.45) is 0 Å². The average molecular weight is 728 g/mol. The highest BCUT2D eigenvalue weighted by Gasteiger charge is 2.28. The zero-order chi connectivity index (χ0) is 37.3. The summed E-state index contributed by atoms with van der Waals surface area (Å²) >= 11 is 0. The maximum absolute atomic E-state index is 13.8. The topological polar surface area (TPSA) is 90.8 Å². The minimum absolute atomic E-state index is 0.00587. The van der Waals surface area contributed by atoms with E-state index in [0.29, 0.717) is 35.9 Å². The molecule has 0 spiro atoms. The van der Waals surface area contributed by atoms with E-state index in [2.05, 4.69) is 15.9 Å². The fourth-order valence-corrected chi connectivity index (χ4v) is 6.70. The second-order valence-electron chi connectivity index (χ2n) is 12.8. The van der Waals surface area contributed by atoms with Crippen molar-refractivity contribution in [3.05, 3.63) is 71.8 Å². The van der Waals surface area contributed by atoms with Crippen LogP contribution in [0.15, 0.2) is 60.7 Å². The molecular weight excluding hydrogens is 679 g/mol. The number of amides is 1. The zero-order valence-electron chi connectivity index (χ0n) is 30.4. The molecular formula is C38H48F3N5O6. The van der Waals surface area contributed by atoms with Crippen molar-refractivity contribution in [1.82, 2.24) is 19.4 Å². The summed E-state index contributed by atoms with van der Waals surface area (Å²) in [6, 6.07) is 18.9. The Hall–Kier alpha value is -4.69. The molecule has 2 heterocycles. The van der Waals surface area contributed by atoms with Gasteiger partial charge in [-0.2, -0.15) is 13.2 Å². The predicted octanol–water partition coefficient (Wildman–Crippen LogP) is 6.11. The molecule has 14 heteroatoms. The van der Waals surface area contributed by atoms with Crippen LogP contribution >= 0.6 is 0 Å². The quantitative estimate of drug-likeness (QED) is 0.127. The number of nitrogens with zero attached hydrogens (tertiary/aromatic N) is 5. The van der Waals surface area contributed by atoms with Gasteiger partial charge in [-0.3, -0.25) is 4.79 Å². The van der Waals surface area contributed by atoms with Crippen molar-refractivity contribution < 1.29 is 41.7 Å². The van der Waals surface area contributed by atoms with Gasteiger partial charge in [0.15, 0.2) is 11.5 Å². The standard InChI is InChI=1S/C38H48F3N5O6/c1-43(36(47)29-23-33(49-3)35(51-5)34(24-29)50-4)25-28(27-10-8-11-30(22-27)48-2)14-17-44-15-9-16-45(19-18-44)37-42-31-12-6-7-13-32(31)46(37)20-21-52-26-38(39,40)41/h6-8,10-13,22-24,28H,9,14-21,25-26H2,1-5H3. The molecule has 1 aliphatic heterocycles. The van der Waals surface area contributed by atoms with Gasteiger partial charge in [0.05, 0.1) is 46.1 Å². The molecule has 282 valence electrons. The Labute approximate surface area is 302 Å². The molecule has 0 radical (unpaired) electrons. The van der Waals surface area contributed by atoms with E-state index in [-0.39, 0.29) is 25.0 Å². The molecule has 1 fully saturated rings. The lowest BCUT2D eigenvalue weighted by Crippen LogP contribution is -2.35. The van der Waals surface area contributed by atoms with Crippen LogP contribution in [0.5, 0.6) is 23.0 Å². The molecule has 1 amide bonds. The summed E-state index contributed by atoms with van der Waals surface area (Å²) in [5, 5.41) is 0. The lowest BCUT2D eigenvalue weighted by molar-refractivity contribution is -0.174. The SMILES string of the molecule is COc1cccc(C(CCN2CCCN(c3nc4ccccc4n3CCOCC(F)(F)F)CC2)CN(C)C(=O)c2cc(OC)c(OC)c(OC)c2)c1. The van der Waals surface area contributed by atoms with E-state index in [1.807, 2.05) is 47.0 Å². The maximum Gasteiger partial charge on any atom is 0.411 e. The van der Waals surface area contributed by atoms with E-state index >= 15 is 0 Å². The van der Waals surface area contributed by atoms with Gasteiger partial charge in [-0.15, -0.1) is 0 Å². The van der Waals surface area contributed by atoms with Gasteiger partial charge in [0.1, 0.15) is 12.4 Å². The number of carbonyl (C=O) groups is 1. The number of ether oxygens (including phenoxy) is 5.